The summed E-state index contributed by atoms with van der Waals surface area (Å²) in [6.07, 6.45) is 16.1. The van der Waals surface area contributed by atoms with Gasteiger partial charge >= 0.3 is 0 Å². The second-order valence-electron chi connectivity index (χ2n) is 48.6. The van der Waals surface area contributed by atoms with E-state index >= 15 is 0 Å². The average Bonchev–Trinajstić information content (AvgIpc) is 1.39. The molecule has 0 amide bonds. The fourth-order valence-electron chi connectivity index (χ4n) is 21.9. The molecule has 0 radical (unpaired) electrons. The lowest BCUT2D eigenvalue weighted by Gasteiger charge is -2.23. The van der Waals surface area contributed by atoms with E-state index in [1.54, 1.807) is 0 Å². The van der Waals surface area contributed by atoms with E-state index in [0.29, 0.717) is 0 Å². The van der Waals surface area contributed by atoms with Crippen molar-refractivity contribution in [3.8, 4) is 0 Å². The molecule has 12 aromatic heterocycles. The Hall–Kier alpha value is -11.8. The Balaban J connectivity index is 0.000000123. The molecule has 12 nitrogen and oxygen atoms in total. The summed E-state index contributed by atoms with van der Waals surface area (Å²) >= 11 is 0. The molecule has 132 heavy (non-hydrogen) atoms. The number of nitrogens with zero attached hydrogens (tertiary/aromatic N) is 12. The number of fused-ring (bicyclic) bond motifs is 32. The molecule has 20 aromatic rings. The smallest absolute Gasteiger partial charge is 0.255 e. The van der Waals surface area contributed by atoms with Crippen molar-refractivity contribution in [2.75, 3.05) is 0 Å². The molecule has 12 heterocycles. The van der Waals surface area contributed by atoms with Crippen LogP contribution in [0.15, 0.2) is 195 Å². The van der Waals surface area contributed by atoms with E-state index in [1.807, 2.05) is 24.8 Å². The summed E-state index contributed by atoms with van der Waals surface area (Å²) < 4.78 is 19.4. The number of pyridine rings is 8. The van der Waals surface area contributed by atoms with E-state index in [9.17, 15) is 0 Å². The standard InChI is InChI=1S/4C30H36N3/c1-19-15-16-31-26-24(19)28-32(8)23-14-10-12-21(18-30(5,6)7)27(23)33(28)22-13-9-11-20(25(22)26)17-29(2,3)4;1-19-14-15-31-27-25(19)28-32(8)22-13-12-20(17-29(2,3)4)16-24(22)33(28)23-11-9-10-21(26(23)27)18-30(5,6)7;1-19-13-14-31-27-25(19)28-32(8)22-11-9-10-12-23(22)33(28)24-16-20(17-29(2,3)4)15-21(26(24)27)18-30(5,6)7;1-19-15-16-31-26-24(19)28-32(8)22-11-9-10-12-23(22)33(28)27-21(18-30(5,6)7)14-13-20(25(26)27)17-29(2,3)4/h4*9-16H,17-18H2,1-8H3/q4*+1. The summed E-state index contributed by atoms with van der Waals surface area (Å²) in [7, 11) is 8.77. The molecule has 0 aliphatic heterocycles. The Morgan fingerprint density at radius 1 is 0.220 bits per heavy atom. The monoisotopic (exact) mass is 1750 g/mol. The van der Waals surface area contributed by atoms with Crippen molar-refractivity contribution in [3.05, 3.63) is 261 Å². The van der Waals surface area contributed by atoms with Gasteiger partial charge in [-0.1, -0.05) is 251 Å². The molecule has 0 bridgehead atoms. The predicted molar refractivity (Wildman–Crippen MR) is 560 cm³/mol. The lowest BCUT2D eigenvalue weighted by Crippen LogP contribution is -2.27. The number of benzene rings is 8. The first-order chi connectivity index (χ1) is 61.8. The number of aryl methyl sites for hydroxylation is 8. The van der Waals surface area contributed by atoms with E-state index in [1.165, 1.54) is 199 Å². The van der Waals surface area contributed by atoms with Crippen molar-refractivity contribution in [1.82, 2.24) is 37.5 Å². The first kappa shape index (κ1) is 92.1. The van der Waals surface area contributed by atoms with Gasteiger partial charge in [0.25, 0.3) is 22.6 Å². The second-order valence-corrected chi connectivity index (χ2v) is 48.6. The number of aromatic nitrogens is 12. The van der Waals surface area contributed by atoms with Gasteiger partial charge in [0.15, 0.2) is 44.1 Å². The predicted octanol–water partition coefficient (Wildman–Crippen LogP) is 28.4. The van der Waals surface area contributed by atoms with Crippen LogP contribution in [0.5, 0.6) is 0 Å². The van der Waals surface area contributed by atoms with Gasteiger partial charge in [-0.2, -0.15) is 17.6 Å². The zero-order chi connectivity index (χ0) is 94.8. The Kier molecular flexibility index (Phi) is 23.1. The summed E-state index contributed by atoms with van der Waals surface area (Å²) in [6.45, 7) is 64.6. The Bertz CT molecular complexity index is 8010. The van der Waals surface area contributed by atoms with E-state index in [2.05, 4.69) is 428 Å². The molecule has 0 aliphatic rings. The largest absolute Gasteiger partial charge is 0.297 e. The number of para-hydroxylation sites is 5. The Morgan fingerprint density at radius 3 is 0.947 bits per heavy atom. The summed E-state index contributed by atoms with van der Waals surface area (Å²) in [4.78, 5) is 20.0. The van der Waals surface area contributed by atoms with Crippen molar-refractivity contribution in [2.24, 2.45) is 71.5 Å². The molecule has 680 valence electrons. The highest BCUT2D eigenvalue weighted by atomic mass is 15.1. The maximum absolute atomic E-state index is 5.03. The van der Waals surface area contributed by atoms with Crippen molar-refractivity contribution in [1.29, 1.82) is 0 Å². The molecular formula is C120H144N12+4. The topological polar surface area (TPSA) is 84.7 Å². The van der Waals surface area contributed by atoms with Crippen LogP contribution in [-0.4, -0.2) is 37.5 Å². The quantitative estimate of drug-likeness (QED) is 0.112. The molecule has 0 saturated heterocycles. The molecule has 0 aliphatic carbocycles. The highest BCUT2D eigenvalue weighted by Gasteiger charge is 2.36. The van der Waals surface area contributed by atoms with Gasteiger partial charge in [-0.05, 0) is 263 Å². The molecule has 0 N–H and O–H groups in total. The highest BCUT2D eigenvalue weighted by molar-refractivity contribution is 6.17. The highest BCUT2D eigenvalue weighted by Crippen LogP contribution is 2.45. The minimum Gasteiger partial charge on any atom is -0.255 e. The van der Waals surface area contributed by atoms with Crippen molar-refractivity contribution in [3.63, 3.8) is 0 Å². The molecule has 12 heteroatoms. The minimum atomic E-state index is 0.182. The number of hydrogen-bond donors (Lipinski definition) is 0. The van der Waals surface area contributed by atoms with Crippen LogP contribution >= 0.6 is 0 Å². The summed E-state index contributed by atoms with van der Waals surface area (Å²) in [5, 5.41) is 10.2. The maximum Gasteiger partial charge on any atom is 0.297 e. The molecule has 0 saturated carbocycles. The molecule has 8 aromatic carbocycles. The summed E-state index contributed by atoms with van der Waals surface area (Å²) in [5.41, 5.74) is 42.5. The Labute approximate surface area is 782 Å². The van der Waals surface area contributed by atoms with Crippen LogP contribution < -0.4 is 18.3 Å². The first-order valence-electron chi connectivity index (χ1n) is 48.3. The van der Waals surface area contributed by atoms with Gasteiger partial charge in [-0.25, -0.2) is 18.3 Å². The summed E-state index contributed by atoms with van der Waals surface area (Å²) in [5.74, 6) is 0. The van der Waals surface area contributed by atoms with Crippen LogP contribution in [0.3, 0.4) is 0 Å². The van der Waals surface area contributed by atoms with Gasteiger partial charge in [0, 0.05) is 35.9 Å². The zero-order valence-corrected chi connectivity index (χ0v) is 85.5. The van der Waals surface area contributed by atoms with Crippen LogP contribution in [-0.2, 0) is 79.6 Å². The minimum absolute atomic E-state index is 0.182. The van der Waals surface area contributed by atoms with Crippen molar-refractivity contribution in [2.45, 2.75) is 245 Å². The number of imidazole rings is 4. The van der Waals surface area contributed by atoms with E-state index in [4.69, 9.17) is 19.9 Å². The van der Waals surface area contributed by atoms with Crippen LogP contribution in [0, 0.1) is 71.0 Å². The molecular weight excluding hydrogens is 1610 g/mol. The third-order valence-electron chi connectivity index (χ3n) is 26.5. The van der Waals surface area contributed by atoms with E-state index < -0.39 is 0 Å². The molecule has 0 atom stereocenters. The van der Waals surface area contributed by atoms with Crippen molar-refractivity contribution < 1.29 is 18.3 Å². The molecule has 0 unspecified atom stereocenters. The fraction of sp³-hybridized carbons (Fsp3) is 0.400. The van der Waals surface area contributed by atoms with E-state index in [0.717, 1.165) is 73.4 Å². The third-order valence-corrected chi connectivity index (χ3v) is 26.5. The Morgan fingerprint density at radius 2 is 0.508 bits per heavy atom. The van der Waals surface area contributed by atoms with Crippen LogP contribution in [0.1, 0.15) is 233 Å². The third kappa shape index (κ3) is 17.3. The van der Waals surface area contributed by atoms with Crippen molar-refractivity contribution >= 4 is 154 Å². The fourth-order valence-corrected chi connectivity index (χ4v) is 21.9. The van der Waals surface area contributed by atoms with Crippen LogP contribution in [0.25, 0.3) is 154 Å². The van der Waals surface area contributed by atoms with Gasteiger partial charge in [0.1, 0.15) is 22.1 Å². The summed E-state index contributed by atoms with van der Waals surface area (Å²) in [6, 6.07) is 63.1. The van der Waals surface area contributed by atoms with Gasteiger partial charge in [-0.15, -0.1) is 0 Å². The molecule has 0 spiro atoms. The van der Waals surface area contributed by atoms with Crippen LogP contribution in [0.4, 0.5) is 0 Å². The lowest BCUT2D eigenvalue weighted by molar-refractivity contribution is -0.617. The molecule has 20 rings (SSSR count). The second kappa shape index (κ2) is 33.2. The first-order valence-corrected chi connectivity index (χ1v) is 48.3. The maximum atomic E-state index is 5.03. The molecule has 0 fully saturated rings. The SMILES string of the molecule is Cc1ccnc2c3c(CC(C)(C)C)cc(CC(C)(C)C)cc3n3c4ccccc4[n+](C)c3c12.Cc1ccnc2c3c(CC(C)(C)C)ccc(CC(C)(C)C)c3n3c4ccccc4[n+](C)c3c12.Cc1ccnc2c3c(CC(C)(C)C)cccc3n3c4c(CC(C)(C)C)cccc4[n+](C)c3c12.Cc1ccnc2c3c(CC(C)(C)C)cccc3n3c4cc(CC(C)(C)C)ccc4[n+](C)c3c12. The van der Waals surface area contributed by atoms with Gasteiger partial charge < -0.3 is 0 Å². The average molecular weight is 1750 g/mol. The van der Waals surface area contributed by atoms with Gasteiger partial charge in [0.2, 0.25) is 0 Å². The van der Waals surface area contributed by atoms with Crippen LogP contribution in [0.2, 0.25) is 0 Å². The normalized spacial score (nSPS) is 13.1. The zero-order valence-electron chi connectivity index (χ0n) is 85.5. The lowest BCUT2D eigenvalue weighted by atomic mass is 9.82. The van der Waals surface area contributed by atoms with Gasteiger partial charge in [0.05, 0.1) is 93.3 Å². The number of hydrogen-bond acceptors (Lipinski definition) is 4. The number of rotatable bonds is 8. The van der Waals surface area contributed by atoms with Gasteiger partial charge in [-0.3, -0.25) is 19.9 Å². The van der Waals surface area contributed by atoms with E-state index in [-0.39, 0.29) is 43.3 Å².